The number of anilines is 1. The Bertz CT molecular complexity index is 658. The summed E-state index contributed by atoms with van der Waals surface area (Å²) < 4.78 is 0.839. The summed E-state index contributed by atoms with van der Waals surface area (Å²) in [4.78, 5) is 28.0. The minimum atomic E-state index is -0.364. The van der Waals surface area contributed by atoms with Gasteiger partial charge in [-0.1, -0.05) is 12.5 Å². The molecule has 3 aliphatic rings. The Balaban J connectivity index is 1.62. The Morgan fingerprint density at radius 3 is 2.78 bits per heavy atom. The number of benzene rings is 1. The van der Waals surface area contributed by atoms with Crippen LogP contribution in [0.25, 0.3) is 0 Å². The van der Waals surface area contributed by atoms with Crippen LogP contribution >= 0.6 is 15.9 Å². The number of nitrogens with one attached hydrogen (secondary N) is 1. The smallest absolute Gasteiger partial charge is 0.303 e. The predicted octanol–water partition coefficient (Wildman–Crippen LogP) is 2.17. The highest BCUT2D eigenvalue weighted by molar-refractivity contribution is 9.10. The molecule has 1 aromatic rings. The van der Waals surface area contributed by atoms with Crippen LogP contribution in [0.3, 0.4) is 0 Å². The number of fused-ring (bicyclic) bond motifs is 2. The van der Waals surface area contributed by atoms with Crippen molar-refractivity contribution in [3.05, 3.63) is 28.2 Å². The molecule has 0 radical (unpaired) electrons. The van der Waals surface area contributed by atoms with Crippen molar-refractivity contribution in [1.82, 2.24) is 0 Å². The Kier molecular flexibility index (Phi) is 4.01. The van der Waals surface area contributed by atoms with Crippen molar-refractivity contribution in [2.75, 3.05) is 18.1 Å². The average Bonchev–Trinajstić information content (AvgIpc) is 2.81. The number of Topliss-reactive ketones (excluding diaryl/α,β-unsaturated/α-hetero) is 1. The minimum Gasteiger partial charge on any atom is -0.315 e. The van der Waals surface area contributed by atoms with Gasteiger partial charge in [0.1, 0.15) is 0 Å². The van der Waals surface area contributed by atoms with Crippen LogP contribution in [0.15, 0.2) is 22.7 Å². The van der Waals surface area contributed by atoms with E-state index in [0.29, 0.717) is 18.3 Å². The number of carbonyl (C=O) groups is 2. The molecule has 1 unspecified atom stereocenters. The molecule has 1 amide bonds. The maximum atomic E-state index is 12.5. The number of rotatable bonds is 2. The van der Waals surface area contributed by atoms with Gasteiger partial charge in [-0.15, -0.1) is 0 Å². The number of carbonyl (C=O) groups excluding carboxylic acids is 2. The second-order valence-electron chi connectivity index (χ2n) is 7.06. The van der Waals surface area contributed by atoms with Gasteiger partial charge >= 0.3 is 5.91 Å². The Morgan fingerprint density at radius 1 is 1.13 bits per heavy atom. The van der Waals surface area contributed by atoms with E-state index in [2.05, 4.69) is 15.9 Å². The van der Waals surface area contributed by atoms with Gasteiger partial charge in [-0.3, -0.25) is 14.5 Å². The molecule has 2 aliphatic heterocycles. The lowest BCUT2D eigenvalue weighted by atomic mass is 9.78. The lowest BCUT2D eigenvalue weighted by molar-refractivity contribution is -0.935. The minimum absolute atomic E-state index is 0.363. The van der Waals surface area contributed by atoms with Gasteiger partial charge < -0.3 is 4.90 Å². The number of para-hydroxylation sites is 1. The molecule has 1 saturated carbocycles. The number of hydrogen-bond donors (Lipinski definition) is 1. The summed E-state index contributed by atoms with van der Waals surface area (Å²) in [6.07, 6.45) is 7.82. The van der Waals surface area contributed by atoms with Gasteiger partial charge in [0.15, 0.2) is 6.67 Å². The fourth-order valence-electron chi connectivity index (χ4n) is 4.73. The molecular formula is C18H22BrN2O2+. The van der Waals surface area contributed by atoms with E-state index in [1.807, 2.05) is 12.1 Å². The fourth-order valence-corrected chi connectivity index (χ4v) is 5.31. The average molecular weight is 378 g/mol. The molecule has 1 aromatic carbocycles. The third-order valence-electron chi connectivity index (χ3n) is 5.81. The van der Waals surface area contributed by atoms with Crippen LogP contribution in [-0.4, -0.2) is 30.9 Å². The first-order valence-electron chi connectivity index (χ1n) is 8.66. The van der Waals surface area contributed by atoms with E-state index in [4.69, 9.17) is 0 Å². The predicted molar refractivity (Wildman–Crippen MR) is 91.6 cm³/mol. The first-order valence-corrected chi connectivity index (χ1v) is 9.45. The van der Waals surface area contributed by atoms with Crippen molar-refractivity contribution in [3.8, 4) is 0 Å². The first-order chi connectivity index (χ1) is 11.2. The van der Waals surface area contributed by atoms with E-state index in [1.54, 1.807) is 11.0 Å². The molecule has 4 nitrogen and oxygen atoms in total. The van der Waals surface area contributed by atoms with E-state index in [-0.39, 0.29) is 11.7 Å². The SMILES string of the molecule is O=C1C(=O)N(C[NH+]2CCC[C@@H]3CCCC[C@@H]32)c2c(Br)cccc21. The largest absolute Gasteiger partial charge is 0.315 e. The molecule has 4 rings (SSSR count). The summed E-state index contributed by atoms with van der Waals surface area (Å²) in [5.74, 6) is 0.0785. The van der Waals surface area contributed by atoms with Crippen LogP contribution in [0.2, 0.25) is 0 Å². The zero-order valence-electron chi connectivity index (χ0n) is 13.2. The molecular weight excluding hydrogens is 356 g/mol. The molecule has 5 heteroatoms. The summed E-state index contributed by atoms with van der Waals surface area (Å²) in [5.41, 5.74) is 1.31. The monoisotopic (exact) mass is 377 g/mol. The van der Waals surface area contributed by atoms with Gasteiger partial charge in [0.25, 0.3) is 5.78 Å². The third kappa shape index (κ3) is 2.54. The number of amides is 1. The molecule has 122 valence electrons. The molecule has 1 saturated heterocycles. The van der Waals surface area contributed by atoms with Crippen molar-refractivity contribution >= 4 is 33.3 Å². The summed E-state index contributed by atoms with van der Waals surface area (Å²) in [5, 5.41) is 0. The molecule has 0 spiro atoms. The first kappa shape index (κ1) is 15.3. The van der Waals surface area contributed by atoms with E-state index in [1.165, 1.54) is 43.4 Å². The van der Waals surface area contributed by atoms with Crippen LogP contribution in [0.1, 0.15) is 48.9 Å². The van der Waals surface area contributed by atoms with Crippen LogP contribution in [-0.2, 0) is 4.79 Å². The van der Waals surface area contributed by atoms with E-state index in [0.717, 1.165) is 22.6 Å². The van der Waals surface area contributed by atoms with Crippen molar-refractivity contribution in [1.29, 1.82) is 0 Å². The molecule has 2 heterocycles. The number of ketones is 1. The van der Waals surface area contributed by atoms with Crippen molar-refractivity contribution < 1.29 is 14.5 Å². The van der Waals surface area contributed by atoms with Gasteiger partial charge in [0.2, 0.25) is 0 Å². The third-order valence-corrected chi connectivity index (χ3v) is 6.45. The van der Waals surface area contributed by atoms with E-state index < -0.39 is 0 Å². The van der Waals surface area contributed by atoms with Crippen LogP contribution in [0.4, 0.5) is 5.69 Å². The number of nitrogens with zero attached hydrogens (tertiary/aromatic N) is 1. The standard InChI is InChI=1S/C18H21BrN2O2/c19-14-8-3-7-13-16(14)21(18(23)17(13)22)11-20-10-4-6-12-5-1-2-9-15(12)20/h3,7-8,12,15H,1-2,4-6,9-11H2/p+1/t12-,15-/m0/s1. The summed E-state index contributed by atoms with van der Waals surface area (Å²) in [6, 6.07) is 6.15. The van der Waals surface area contributed by atoms with Gasteiger partial charge in [0.05, 0.1) is 23.8 Å². The quantitative estimate of drug-likeness (QED) is 0.802. The molecule has 23 heavy (non-hydrogen) atoms. The molecule has 2 fully saturated rings. The van der Waals surface area contributed by atoms with Crippen LogP contribution in [0, 0.1) is 5.92 Å². The number of halogens is 1. The van der Waals surface area contributed by atoms with E-state index >= 15 is 0 Å². The molecule has 3 atom stereocenters. The topological polar surface area (TPSA) is 41.8 Å². The zero-order valence-corrected chi connectivity index (χ0v) is 14.8. The molecule has 0 aromatic heterocycles. The fraction of sp³-hybridized carbons (Fsp3) is 0.556. The van der Waals surface area contributed by atoms with Crippen molar-refractivity contribution in [2.45, 2.75) is 44.6 Å². The molecule has 1 aliphatic carbocycles. The highest BCUT2D eigenvalue weighted by Gasteiger charge is 2.43. The second-order valence-corrected chi connectivity index (χ2v) is 7.91. The Labute approximate surface area is 145 Å². The van der Waals surface area contributed by atoms with Gasteiger partial charge in [-0.05, 0) is 60.2 Å². The lowest BCUT2D eigenvalue weighted by Crippen LogP contribution is -3.19. The number of piperidine rings is 1. The van der Waals surface area contributed by atoms with Crippen molar-refractivity contribution in [2.24, 2.45) is 5.92 Å². The van der Waals surface area contributed by atoms with Gasteiger partial charge in [0, 0.05) is 10.4 Å². The number of quaternary nitrogens is 1. The van der Waals surface area contributed by atoms with Gasteiger partial charge in [-0.2, -0.15) is 0 Å². The number of hydrogen-bond acceptors (Lipinski definition) is 2. The Hall–Kier alpha value is -1.20. The molecule has 1 N–H and O–H groups in total. The van der Waals surface area contributed by atoms with Crippen molar-refractivity contribution in [3.63, 3.8) is 0 Å². The summed E-state index contributed by atoms with van der Waals surface area (Å²) >= 11 is 3.52. The maximum absolute atomic E-state index is 12.5. The lowest BCUT2D eigenvalue weighted by Gasteiger charge is -2.42. The maximum Gasteiger partial charge on any atom is 0.303 e. The second kappa shape index (κ2) is 6.02. The number of likely N-dealkylation sites (tertiary alicyclic amines) is 1. The van der Waals surface area contributed by atoms with Gasteiger partial charge in [-0.25, -0.2) is 0 Å². The molecule has 0 bridgehead atoms. The summed E-state index contributed by atoms with van der Waals surface area (Å²) in [6.45, 7) is 1.74. The summed E-state index contributed by atoms with van der Waals surface area (Å²) in [7, 11) is 0. The normalized spacial score (nSPS) is 30.3. The Morgan fingerprint density at radius 2 is 1.91 bits per heavy atom. The highest BCUT2D eigenvalue weighted by Crippen LogP contribution is 2.35. The highest BCUT2D eigenvalue weighted by atomic mass is 79.9. The zero-order chi connectivity index (χ0) is 16.0. The van der Waals surface area contributed by atoms with E-state index in [9.17, 15) is 9.59 Å². The van der Waals surface area contributed by atoms with Crippen LogP contribution in [0.5, 0.6) is 0 Å². The van der Waals surface area contributed by atoms with Crippen LogP contribution < -0.4 is 9.80 Å².